The highest BCUT2D eigenvalue weighted by Gasteiger charge is 2.23. The van der Waals surface area contributed by atoms with Crippen LogP contribution in [0.4, 0.5) is 5.13 Å². The van der Waals surface area contributed by atoms with Crippen molar-refractivity contribution in [2.45, 2.75) is 6.92 Å². The van der Waals surface area contributed by atoms with Crippen LogP contribution < -0.4 is 4.90 Å². The summed E-state index contributed by atoms with van der Waals surface area (Å²) in [7, 11) is 3.94. The lowest BCUT2D eigenvalue weighted by Gasteiger charge is -2.20. The SMILES string of the molecule is Cc1cc(Cl)cc2sc(N(CCN(C)C)C(=O)c3ccco3)nc12.Cl. The molecule has 0 saturated carbocycles. The van der Waals surface area contributed by atoms with Crippen molar-refractivity contribution in [3.05, 3.63) is 46.9 Å². The summed E-state index contributed by atoms with van der Waals surface area (Å²) in [6.07, 6.45) is 1.50. The number of hydrogen-bond donors (Lipinski definition) is 0. The number of hydrogen-bond acceptors (Lipinski definition) is 5. The maximum absolute atomic E-state index is 12.8. The summed E-state index contributed by atoms with van der Waals surface area (Å²) in [6, 6.07) is 7.14. The first kappa shape index (κ1) is 19.7. The molecule has 0 aliphatic rings. The predicted molar refractivity (Wildman–Crippen MR) is 106 cm³/mol. The molecule has 134 valence electrons. The Labute approximate surface area is 161 Å². The van der Waals surface area contributed by atoms with Crippen molar-refractivity contribution in [3.8, 4) is 0 Å². The lowest BCUT2D eigenvalue weighted by molar-refractivity contribution is 0.0958. The first-order chi connectivity index (χ1) is 11.5. The summed E-state index contributed by atoms with van der Waals surface area (Å²) in [4.78, 5) is 21.2. The van der Waals surface area contributed by atoms with Gasteiger partial charge in [-0.2, -0.15) is 0 Å². The van der Waals surface area contributed by atoms with Crippen LogP contribution in [0.5, 0.6) is 0 Å². The number of fused-ring (bicyclic) bond motifs is 1. The molecular formula is C17H19Cl2N3O2S. The van der Waals surface area contributed by atoms with Crippen LogP contribution in [0.25, 0.3) is 10.2 Å². The molecule has 0 unspecified atom stereocenters. The molecule has 25 heavy (non-hydrogen) atoms. The first-order valence-corrected chi connectivity index (χ1v) is 8.72. The van der Waals surface area contributed by atoms with Gasteiger partial charge in [0.2, 0.25) is 0 Å². The fraction of sp³-hybridized carbons (Fsp3) is 0.294. The third-order valence-electron chi connectivity index (χ3n) is 3.62. The molecule has 1 aromatic carbocycles. The Morgan fingerprint density at radius 2 is 2.08 bits per heavy atom. The number of anilines is 1. The molecular weight excluding hydrogens is 381 g/mol. The molecule has 0 radical (unpaired) electrons. The number of carbonyl (C=O) groups excluding carboxylic acids is 1. The Balaban J connectivity index is 0.00000225. The Kier molecular flexibility index (Phi) is 6.46. The van der Waals surface area contributed by atoms with Crippen LogP contribution in [0.15, 0.2) is 34.9 Å². The minimum absolute atomic E-state index is 0. The van der Waals surface area contributed by atoms with Crippen LogP contribution in [-0.2, 0) is 0 Å². The highest BCUT2D eigenvalue weighted by atomic mass is 35.5. The summed E-state index contributed by atoms with van der Waals surface area (Å²) >= 11 is 7.60. The Morgan fingerprint density at radius 1 is 1.32 bits per heavy atom. The summed E-state index contributed by atoms with van der Waals surface area (Å²) in [5.41, 5.74) is 1.87. The number of rotatable bonds is 5. The normalized spacial score (nSPS) is 10.9. The number of halogens is 2. The largest absolute Gasteiger partial charge is 0.459 e. The standard InChI is InChI=1S/C17H18ClN3O2S.ClH/c1-11-9-12(18)10-14-15(11)19-17(24-14)21(7-6-20(2)3)16(22)13-5-4-8-23-13;/h4-5,8-10H,6-7H2,1-3H3;1H. The zero-order chi connectivity index (χ0) is 17.3. The van der Waals surface area contributed by atoms with Crippen molar-refractivity contribution in [1.29, 1.82) is 0 Å². The van der Waals surface area contributed by atoms with Crippen molar-refractivity contribution in [2.24, 2.45) is 0 Å². The Morgan fingerprint density at radius 3 is 2.72 bits per heavy atom. The van der Waals surface area contributed by atoms with E-state index < -0.39 is 0 Å². The summed E-state index contributed by atoms with van der Waals surface area (Å²) in [6.45, 7) is 3.22. The Bertz CT molecular complexity index is 862. The number of furan rings is 1. The van der Waals surface area contributed by atoms with E-state index in [1.807, 2.05) is 38.1 Å². The van der Waals surface area contributed by atoms with Gasteiger partial charge in [0.15, 0.2) is 10.9 Å². The van der Waals surface area contributed by atoms with Crippen molar-refractivity contribution < 1.29 is 9.21 Å². The zero-order valence-electron chi connectivity index (χ0n) is 14.2. The van der Waals surface area contributed by atoms with E-state index in [4.69, 9.17) is 16.0 Å². The van der Waals surface area contributed by atoms with Crippen LogP contribution >= 0.6 is 35.3 Å². The lowest BCUT2D eigenvalue weighted by atomic mass is 10.2. The molecule has 1 amide bonds. The van der Waals surface area contributed by atoms with Gasteiger partial charge in [0.1, 0.15) is 0 Å². The molecule has 0 N–H and O–H groups in total. The smallest absolute Gasteiger partial charge is 0.295 e. The van der Waals surface area contributed by atoms with Crippen LogP contribution in [0.3, 0.4) is 0 Å². The van der Waals surface area contributed by atoms with E-state index in [0.29, 0.717) is 22.5 Å². The van der Waals surface area contributed by atoms with Gasteiger partial charge in [0, 0.05) is 18.1 Å². The number of aryl methyl sites for hydroxylation is 1. The molecule has 0 spiro atoms. The second kappa shape index (κ2) is 8.19. The van der Waals surface area contributed by atoms with Gasteiger partial charge in [-0.3, -0.25) is 9.69 Å². The van der Waals surface area contributed by atoms with Gasteiger partial charge in [-0.15, -0.1) is 12.4 Å². The maximum Gasteiger partial charge on any atom is 0.295 e. The highest BCUT2D eigenvalue weighted by Crippen LogP contribution is 2.33. The number of thiazole rings is 1. The zero-order valence-corrected chi connectivity index (χ0v) is 16.5. The van der Waals surface area contributed by atoms with E-state index in [1.165, 1.54) is 17.6 Å². The molecule has 2 heterocycles. The number of carbonyl (C=O) groups is 1. The molecule has 3 aromatic rings. The van der Waals surface area contributed by atoms with Gasteiger partial charge in [-0.05, 0) is 50.8 Å². The molecule has 3 rings (SSSR count). The molecule has 0 aliphatic heterocycles. The van der Waals surface area contributed by atoms with E-state index in [0.717, 1.165) is 22.3 Å². The minimum atomic E-state index is -0.190. The van der Waals surface area contributed by atoms with Crippen LogP contribution in [0, 0.1) is 6.92 Å². The highest BCUT2D eigenvalue weighted by molar-refractivity contribution is 7.22. The topological polar surface area (TPSA) is 49.6 Å². The molecule has 2 aromatic heterocycles. The molecule has 5 nitrogen and oxygen atoms in total. The van der Waals surface area contributed by atoms with Gasteiger partial charge in [-0.1, -0.05) is 22.9 Å². The van der Waals surface area contributed by atoms with Gasteiger partial charge >= 0.3 is 0 Å². The number of aromatic nitrogens is 1. The monoisotopic (exact) mass is 399 g/mol. The Hall–Kier alpha value is -1.60. The molecule has 0 fully saturated rings. The number of benzene rings is 1. The quantitative estimate of drug-likeness (QED) is 0.634. The summed E-state index contributed by atoms with van der Waals surface area (Å²) in [5, 5.41) is 1.33. The molecule has 0 atom stereocenters. The van der Waals surface area contributed by atoms with Crippen molar-refractivity contribution in [3.63, 3.8) is 0 Å². The average Bonchev–Trinajstić information content (AvgIpc) is 3.16. The van der Waals surface area contributed by atoms with E-state index in [1.54, 1.807) is 17.0 Å². The van der Waals surface area contributed by atoms with Gasteiger partial charge in [0.25, 0.3) is 5.91 Å². The van der Waals surface area contributed by atoms with Crippen molar-refractivity contribution in [2.75, 3.05) is 32.1 Å². The van der Waals surface area contributed by atoms with Crippen molar-refractivity contribution in [1.82, 2.24) is 9.88 Å². The maximum atomic E-state index is 12.8. The third kappa shape index (κ3) is 4.33. The summed E-state index contributed by atoms with van der Waals surface area (Å²) < 4.78 is 6.24. The average molecular weight is 400 g/mol. The number of likely N-dealkylation sites (N-methyl/N-ethyl adjacent to an activating group) is 1. The fourth-order valence-corrected chi connectivity index (χ4v) is 3.82. The van der Waals surface area contributed by atoms with Gasteiger partial charge in [-0.25, -0.2) is 4.98 Å². The van der Waals surface area contributed by atoms with Crippen LogP contribution in [0.1, 0.15) is 16.1 Å². The van der Waals surface area contributed by atoms with Gasteiger partial charge < -0.3 is 9.32 Å². The molecule has 0 aliphatic carbocycles. The minimum Gasteiger partial charge on any atom is -0.459 e. The van der Waals surface area contributed by atoms with E-state index in [2.05, 4.69) is 4.98 Å². The third-order valence-corrected chi connectivity index (χ3v) is 4.86. The predicted octanol–water partition coefficient (Wildman–Crippen LogP) is 4.48. The van der Waals surface area contributed by atoms with E-state index in [9.17, 15) is 4.79 Å². The second-order valence-corrected chi connectivity index (χ2v) is 7.25. The lowest BCUT2D eigenvalue weighted by Crippen LogP contribution is -2.36. The number of nitrogens with zero attached hydrogens (tertiary/aromatic N) is 3. The van der Waals surface area contributed by atoms with Crippen LogP contribution in [-0.4, -0.2) is 43.0 Å². The van der Waals surface area contributed by atoms with Crippen molar-refractivity contribution >= 4 is 56.6 Å². The second-order valence-electron chi connectivity index (χ2n) is 5.80. The molecule has 8 heteroatoms. The first-order valence-electron chi connectivity index (χ1n) is 7.52. The number of amides is 1. The van der Waals surface area contributed by atoms with Crippen LogP contribution in [0.2, 0.25) is 5.02 Å². The summed E-state index contributed by atoms with van der Waals surface area (Å²) in [5.74, 6) is 0.118. The van der Waals surface area contributed by atoms with E-state index in [-0.39, 0.29) is 18.3 Å². The molecule has 0 saturated heterocycles. The molecule has 0 bridgehead atoms. The fourth-order valence-electron chi connectivity index (χ4n) is 2.38. The van der Waals surface area contributed by atoms with Gasteiger partial charge in [0.05, 0.1) is 16.5 Å². The van der Waals surface area contributed by atoms with E-state index >= 15 is 0 Å².